The van der Waals surface area contributed by atoms with Crippen LogP contribution in [0.15, 0.2) is 12.1 Å². The molecule has 1 fully saturated rings. The summed E-state index contributed by atoms with van der Waals surface area (Å²) in [6.45, 7) is 6.21. The highest BCUT2D eigenvalue weighted by atomic mass is 15.0. The molecule has 2 N–H and O–H groups in total. The lowest BCUT2D eigenvalue weighted by atomic mass is 10.1. The minimum absolute atomic E-state index is 0.764. The second-order valence-corrected chi connectivity index (χ2v) is 4.79. The number of aromatic nitrogens is 1. The van der Waals surface area contributed by atoms with E-state index < -0.39 is 0 Å². The fourth-order valence-corrected chi connectivity index (χ4v) is 1.96. The minimum atomic E-state index is 0.764. The highest BCUT2D eigenvalue weighted by molar-refractivity contribution is 5.39. The number of hydrogen-bond donors (Lipinski definition) is 2. The Morgan fingerprint density at radius 1 is 1.29 bits per heavy atom. The normalized spacial score (nSPS) is 14.9. The molecule has 0 atom stereocenters. The van der Waals surface area contributed by atoms with Crippen molar-refractivity contribution in [3.05, 3.63) is 23.4 Å². The number of anilines is 1. The van der Waals surface area contributed by atoms with Crippen molar-refractivity contribution in [2.45, 2.75) is 52.1 Å². The summed E-state index contributed by atoms with van der Waals surface area (Å²) in [6.07, 6.45) is 4.90. The van der Waals surface area contributed by atoms with E-state index in [4.69, 9.17) is 0 Å². The smallest absolute Gasteiger partial charge is 0.126 e. The van der Waals surface area contributed by atoms with Gasteiger partial charge in [-0.1, -0.05) is 13.3 Å². The van der Waals surface area contributed by atoms with Gasteiger partial charge in [-0.25, -0.2) is 4.98 Å². The van der Waals surface area contributed by atoms with Crippen molar-refractivity contribution < 1.29 is 0 Å². The molecule has 0 aromatic carbocycles. The molecular weight excluding hydrogens is 210 g/mol. The van der Waals surface area contributed by atoms with E-state index in [9.17, 15) is 0 Å². The third-order valence-electron chi connectivity index (χ3n) is 2.97. The van der Waals surface area contributed by atoms with Crippen molar-refractivity contribution in [2.24, 2.45) is 0 Å². The van der Waals surface area contributed by atoms with Crippen LogP contribution in [0.1, 0.15) is 44.4 Å². The van der Waals surface area contributed by atoms with Crippen LogP contribution in [-0.2, 0) is 13.0 Å². The van der Waals surface area contributed by atoms with Crippen molar-refractivity contribution >= 4 is 5.82 Å². The lowest BCUT2D eigenvalue weighted by Crippen LogP contribution is -2.16. The van der Waals surface area contributed by atoms with Crippen LogP contribution in [-0.4, -0.2) is 17.6 Å². The highest BCUT2D eigenvalue weighted by Crippen LogP contribution is 2.20. The maximum absolute atomic E-state index is 4.62. The number of hydrogen-bond acceptors (Lipinski definition) is 3. The lowest BCUT2D eigenvalue weighted by Gasteiger charge is -2.10. The highest BCUT2D eigenvalue weighted by Gasteiger charge is 2.20. The quantitative estimate of drug-likeness (QED) is 0.760. The Hall–Kier alpha value is -1.09. The van der Waals surface area contributed by atoms with Gasteiger partial charge in [-0.2, -0.15) is 0 Å². The van der Waals surface area contributed by atoms with Crippen molar-refractivity contribution in [1.82, 2.24) is 10.3 Å². The Morgan fingerprint density at radius 3 is 2.76 bits per heavy atom. The van der Waals surface area contributed by atoms with Gasteiger partial charge in [0.15, 0.2) is 0 Å². The number of nitrogens with zero attached hydrogens (tertiary/aromatic N) is 1. The van der Waals surface area contributed by atoms with Crippen LogP contribution in [0.25, 0.3) is 0 Å². The van der Waals surface area contributed by atoms with Gasteiger partial charge < -0.3 is 10.6 Å². The summed E-state index contributed by atoms with van der Waals surface area (Å²) >= 11 is 0. The van der Waals surface area contributed by atoms with Gasteiger partial charge in [0.2, 0.25) is 0 Å². The maximum Gasteiger partial charge on any atom is 0.126 e. The van der Waals surface area contributed by atoms with Crippen molar-refractivity contribution in [2.75, 3.05) is 11.9 Å². The van der Waals surface area contributed by atoms with Gasteiger partial charge in [0.1, 0.15) is 5.82 Å². The van der Waals surface area contributed by atoms with E-state index >= 15 is 0 Å². The van der Waals surface area contributed by atoms with Gasteiger partial charge in [0, 0.05) is 24.8 Å². The lowest BCUT2D eigenvalue weighted by molar-refractivity contribution is 0.685. The molecule has 1 aliphatic rings. The average Bonchev–Trinajstić information content (AvgIpc) is 3.11. The van der Waals surface area contributed by atoms with Crippen LogP contribution >= 0.6 is 0 Å². The van der Waals surface area contributed by atoms with E-state index in [0.29, 0.717) is 0 Å². The number of nitrogens with one attached hydrogen (secondary N) is 2. The van der Waals surface area contributed by atoms with Crippen LogP contribution in [0.5, 0.6) is 0 Å². The fourth-order valence-electron chi connectivity index (χ4n) is 1.96. The summed E-state index contributed by atoms with van der Waals surface area (Å²) in [6, 6.07) is 5.16. The van der Waals surface area contributed by atoms with E-state index in [0.717, 1.165) is 37.8 Å². The molecule has 1 aromatic rings. The molecule has 0 saturated heterocycles. The van der Waals surface area contributed by atoms with Gasteiger partial charge in [-0.05, 0) is 43.9 Å². The van der Waals surface area contributed by atoms with Crippen molar-refractivity contribution in [3.8, 4) is 0 Å². The second-order valence-electron chi connectivity index (χ2n) is 4.79. The molecule has 3 nitrogen and oxygen atoms in total. The maximum atomic E-state index is 4.62. The average molecular weight is 233 g/mol. The first-order valence-corrected chi connectivity index (χ1v) is 6.79. The van der Waals surface area contributed by atoms with Gasteiger partial charge >= 0.3 is 0 Å². The summed E-state index contributed by atoms with van der Waals surface area (Å²) in [5.74, 6) is 1.02. The number of pyridine rings is 1. The van der Waals surface area contributed by atoms with Crippen LogP contribution < -0.4 is 10.6 Å². The first kappa shape index (κ1) is 12.4. The summed E-state index contributed by atoms with van der Waals surface area (Å²) < 4.78 is 0. The Morgan fingerprint density at radius 2 is 2.12 bits per heavy atom. The molecule has 1 aliphatic carbocycles. The Kier molecular flexibility index (Phi) is 4.37. The fraction of sp³-hybridized carbons (Fsp3) is 0.643. The Balaban J connectivity index is 2.04. The van der Waals surface area contributed by atoms with E-state index in [1.165, 1.54) is 24.1 Å². The van der Waals surface area contributed by atoms with Crippen molar-refractivity contribution in [1.29, 1.82) is 0 Å². The van der Waals surface area contributed by atoms with Gasteiger partial charge in [-0.15, -0.1) is 0 Å². The van der Waals surface area contributed by atoms with Crippen LogP contribution in [0.3, 0.4) is 0 Å². The first-order valence-electron chi connectivity index (χ1n) is 6.79. The van der Waals surface area contributed by atoms with Crippen LogP contribution in [0, 0.1) is 0 Å². The molecule has 3 heteroatoms. The molecule has 0 unspecified atom stereocenters. The van der Waals surface area contributed by atoms with Crippen molar-refractivity contribution in [3.63, 3.8) is 0 Å². The Bertz CT molecular complexity index is 334. The molecule has 1 aromatic heterocycles. The van der Waals surface area contributed by atoms with Crippen LogP contribution in [0.4, 0.5) is 5.82 Å². The standard InChI is InChI=1S/C14H23N3/c1-3-5-13-8-11(10-16-12-6-7-12)9-14(17-13)15-4-2/h8-9,12,16H,3-7,10H2,1-2H3,(H,15,17). The molecule has 0 bridgehead atoms. The molecular formula is C14H23N3. The van der Waals surface area contributed by atoms with E-state index in [1.54, 1.807) is 0 Å². The third kappa shape index (κ3) is 4.00. The van der Waals surface area contributed by atoms with E-state index in [1.807, 2.05) is 0 Å². The molecule has 0 radical (unpaired) electrons. The van der Waals surface area contributed by atoms with Gasteiger partial charge in [0.25, 0.3) is 0 Å². The zero-order valence-electron chi connectivity index (χ0n) is 10.9. The Labute approximate surface area is 104 Å². The largest absolute Gasteiger partial charge is 0.370 e. The molecule has 0 aliphatic heterocycles. The monoisotopic (exact) mass is 233 g/mol. The predicted molar refractivity (Wildman–Crippen MR) is 72.3 cm³/mol. The summed E-state index contributed by atoms with van der Waals surface area (Å²) in [5.41, 5.74) is 2.56. The number of aryl methyl sites for hydroxylation is 1. The molecule has 2 rings (SSSR count). The van der Waals surface area contributed by atoms with E-state index in [2.05, 4.69) is 41.6 Å². The topological polar surface area (TPSA) is 37.0 Å². The first-order chi connectivity index (χ1) is 8.31. The van der Waals surface area contributed by atoms with E-state index in [-0.39, 0.29) is 0 Å². The molecule has 94 valence electrons. The zero-order chi connectivity index (χ0) is 12.1. The predicted octanol–water partition coefficient (Wildman–Crippen LogP) is 2.72. The summed E-state index contributed by atoms with van der Waals surface area (Å²) in [7, 11) is 0. The molecule has 17 heavy (non-hydrogen) atoms. The molecule has 0 spiro atoms. The SMILES string of the molecule is CCCc1cc(CNC2CC2)cc(NCC)n1. The van der Waals surface area contributed by atoms with Crippen LogP contribution in [0.2, 0.25) is 0 Å². The van der Waals surface area contributed by atoms with Gasteiger partial charge in [-0.3, -0.25) is 0 Å². The molecule has 1 heterocycles. The summed E-state index contributed by atoms with van der Waals surface area (Å²) in [5, 5.41) is 6.87. The van der Waals surface area contributed by atoms with Gasteiger partial charge in [0.05, 0.1) is 0 Å². The zero-order valence-corrected chi connectivity index (χ0v) is 10.9. The number of rotatable bonds is 7. The molecule has 0 amide bonds. The summed E-state index contributed by atoms with van der Waals surface area (Å²) in [4.78, 5) is 4.62. The minimum Gasteiger partial charge on any atom is -0.370 e. The third-order valence-corrected chi connectivity index (χ3v) is 2.97. The molecule has 1 saturated carbocycles. The second kappa shape index (κ2) is 6.01.